The molecule has 1 aromatic carbocycles. The number of anilines is 1. The minimum atomic E-state index is -0.0926. The van der Waals surface area contributed by atoms with Crippen molar-refractivity contribution >= 4 is 28.8 Å². The normalized spacial score (nSPS) is 24.3. The first-order chi connectivity index (χ1) is 12.1. The van der Waals surface area contributed by atoms with Crippen LogP contribution in [0.1, 0.15) is 23.0 Å². The molecule has 25 heavy (non-hydrogen) atoms. The summed E-state index contributed by atoms with van der Waals surface area (Å²) in [6, 6.07) is 11.8. The Morgan fingerprint density at radius 1 is 1.20 bits per heavy atom. The van der Waals surface area contributed by atoms with Crippen LogP contribution in [0.3, 0.4) is 0 Å². The summed E-state index contributed by atoms with van der Waals surface area (Å²) in [7, 11) is 0. The van der Waals surface area contributed by atoms with Gasteiger partial charge in [-0.15, -0.1) is 11.3 Å². The highest BCUT2D eigenvalue weighted by Crippen LogP contribution is 2.31. The minimum Gasteiger partial charge on any atom is -0.347 e. The number of nitrogens with one attached hydrogen (secondary N) is 2. The molecule has 0 spiro atoms. The molecule has 3 atom stereocenters. The summed E-state index contributed by atoms with van der Waals surface area (Å²) in [5, 5.41) is 5.99. The van der Waals surface area contributed by atoms with Gasteiger partial charge in [-0.25, -0.2) is 0 Å². The van der Waals surface area contributed by atoms with Crippen LogP contribution < -0.4 is 10.6 Å². The molecule has 5 nitrogen and oxygen atoms in total. The maximum atomic E-state index is 12.6. The first-order valence-corrected chi connectivity index (χ1v) is 9.41. The lowest BCUT2D eigenvalue weighted by molar-refractivity contribution is -0.114. The molecule has 0 saturated carbocycles. The molecule has 0 radical (unpaired) electrons. The molecular weight excluding hydrogens is 334 g/mol. The minimum absolute atomic E-state index is 0.0213. The number of hydrogen-bond donors (Lipinski definition) is 2. The summed E-state index contributed by atoms with van der Waals surface area (Å²) >= 11 is 1.49. The molecule has 130 valence electrons. The Kier molecular flexibility index (Phi) is 4.31. The van der Waals surface area contributed by atoms with Gasteiger partial charge in [0.1, 0.15) is 0 Å². The first-order valence-electron chi connectivity index (χ1n) is 8.59. The zero-order valence-corrected chi connectivity index (χ0v) is 14.9. The fraction of sp³-hybridized carbons (Fsp3) is 0.368. The van der Waals surface area contributed by atoms with Crippen LogP contribution in [0.5, 0.6) is 0 Å². The van der Waals surface area contributed by atoms with Gasteiger partial charge in [0.05, 0.1) is 4.88 Å². The molecule has 6 heteroatoms. The van der Waals surface area contributed by atoms with Crippen LogP contribution in [0.25, 0.3) is 10.4 Å². The smallest absolute Gasteiger partial charge is 0.261 e. The van der Waals surface area contributed by atoms with Crippen LogP contribution in [-0.2, 0) is 4.79 Å². The van der Waals surface area contributed by atoms with E-state index in [9.17, 15) is 9.59 Å². The fourth-order valence-electron chi connectivity index (χ4n) is 3.76. The molecule has 2 N–H and O–H groups in total. The quantitative estimate of drug-likeness (QED) is 0.887. The first kappa shape index (κ1) is 16.3. The van der Waals surface area contributed by atoms with Crippen molar-refractivity contribution < 1.29 is 9.59 Å². The third-order valence-electron chi connectivity index (χ3n) is 4.95. The molecule has 2 saturated heterocycles. The number of nitrogens with zero attached hydrogens (tertiary/aromatic N) is 1. The van der Waals surface area contributed by atoms with Gasteiger partial charge in [0.2, 0.25) is 5.91 Å². The topological polar surface area (TPSA) is 61.4 Å². The van der Waals surface area contributed by atoms with Crippen molar-refractivity contribution in [2.45, 2.75) is 19.4 Å². The van der Waals surface area contributed by atoms with Gasteiger partial charge in [-0.2, -0.15) is 0 Å². The molecule has 1 aromatic heterocycles. The van der Waals surface area contributed by atoms with Gasteiger partial charge in [0, 0.05) is 36.6 Å². The average molecular weight is 355 g/mol. The van der Waals surface area contributed by atoms with E-state index in [0.717, 1.165) is 34.1 Å². The Morgan fingerprint density at radius 3 is 2.80 bits per heavy atom. The van der Waals surface area contributed by atoms with Gasteiger partial charge in [0.25, 0.3) is 5.91 Å². The van der Waals surface area contributed by atoms with Crippen LogP contribution in [0.2, 0.25) is 0 Å². The summed E-state index contributed by atoms with van der Waals surface area (Å²) < 4.78 is 0. The van der Waals surface area contributed by atoms with Crippen LogP contribution >= 0.6 is 11.3 Å². The molecular formula is C19H21N3O2S. The van der Waals surface area contributed by atoms with Crippen molar-refractivity contribution in [3.63, 3.8) is 0 Å². The predicted molar refractivity (Wildman–Crippen MR) is 99.9 cm³/mol. The van der Waals surface area contributed by atoms with Crippen molar-refractivity contribution in [3.8, 4) is 10.4 Å². The lowest BCUT2D eigenvalue weighted by atomic mass is 10.00. The number of carbonyl (C=O) groups is 2. The molecule has 2 aliphatic heterocycles. The molecule has 2 aromatic rings. The van der Waals surface area contributed by atoms with Crippen molar-refractivity contribution in [1.29, 1.82) is 0 Å². The number of fused-ring (bicyclic) bond motifs is 2. The van der Waals surface area contributed by atoms with Gasteiger partial charge in [-0.1, -0.05) is 12.1 Å². The van der Waals surface area contributed by atoms with Crippen molar-refractivity contribution in [1.82, 2.24) is 10.2 Å². The standard InChI is InChI=1S/C19H21N3O2S/c1-12(23)20-15-4-2-3-13(9-15)17-5-6-18(25-17)19(24)21-16-11-22-8-7-14(16)10-22/h2-6,9,14,16H,7-8,10-11H2,1H3,(H,20,23)(H,21,24)/t14-,16?/m0/s1. The highest BCUT2D eigenvalue weighted by molar-refractivity contribution is 7.17. The number of piperidine rings is 1. The Labute approximate surface area is 151 Å². The van der Waals surface area contributed by atoms with Gasteiger partial charge in [0.15, 0.2) is 0 Å². The van der Waals surface area contributed by atoms with Gasteiger partial charge >= 0.3 is 0 Å². The van der Waals surface area contributed by atoms with Crippen LogP contribution in [0.15, 0.2) is 36.4 Å². The highest BCUT2D eigenvalue weighted by atomic mass is 32.1. The molecule has 4 rings (SSSR count). The van der Waals surface area contributed by atoms with E-state index in [1.165, 1.54) is 31.2 Å². The van der Waals surface area contributed by atoms with Crippen molar-refractivity contribution in [2.75, 3.05) is 25.0 Å². The number of rotatable bonds is 4. The summed E-state index contributed by atoms with van der Waals surface area (Å²) in [5.41, 5.74) is 1.77. The Morgan fingerprint density at radius 2 is 2.08 bits per heavy atom. The average Bonchev–Trinajstić information content (AvgIpc) is 3.31. The second kappa shape index (κ2) is 6.61. The summed E-state index contributed by atoms with van der Waals surface area (Å²) in [5.74, 6) is 0.538. The third-order valence-corrected chi connectivity index (χ3v) is 6.08. The Balaban J connectivity index is 1.46. The summed E-state index contributed by atoms with van der Waals surface area (Å²) in [4.78, 5) is 27.9. The lowest BCUT2D eigenvalue weighted by Gasteiger charge is -2.22. The molecule has 3 heterocycles. The van der Waals surface area contributed by atoms with Gasteiger partial charge in [-0.3, -0.25) is 9.59 Å². The number of carbonyl (C=O) groups excluding carboxylic acids is 2. The van der Waals surface area contributed by atoms with E-state index in [-0.39, 0.29) is 17.9 Å². The van der Waals surface area contributed by atoms with E-state index in [1.54, 1.807) is 0 Å². The number of amides is 2. The second-order valence-electron chi connectivity index (χ2n) is 6.81. The molecule has 0 aliphatic carbocycles. The van der Waals surface area contributed by atoms with E-state index >= 15 is 0 Å². The maximum Gasteiger partial charge on any atom is 0.261 e. The second-order valence-corrected chi connectivity index (χ2v) is 7.90. The summed E-state index contributed by atoms with van der Waals surface area (Å²) in [6.07, 6.45) is 1.19. The largest absolute Gasteiger partial charge is 0.347 e. The highest BCUT2D eigenvalue weighted by Gasteiger charge is 2.38. The van der Waals surface area contributed by atoms with E-state index in [2.05, 4.69) is 15.5 Å². The monoisotopic (exact) mass is 355 g/mol. The molecule has 2 unspecified atom stereocenters. The van der Waals surface area contributed by atoms with Gasteiger partial charge < -0.3 is 15.5 Å². The molecule has 2 amide bonds. The third kappa shape index (κ3) is 3.45. The molecule has 2 bridgehead atoms. The zero-order valence-electron chi connectivity index (χ0n) is 14.1. The SMILES string of the molecule is CC(=O)Nc1cccc(-c2ccc(C(=O)NC3CN4CC[C@H]3C4)s2)c1. The van der Waals surface area contributed by atoms with Crippen LogP contribution in [0.4, 0.5) is 5.69 Å². The van der Waals surface area contributed by atoms with E-state index in [4.69, 9.17) is 0 Å². The molecule has 2 fully saturated rings. The van der Waals surface area contributed by atoms with Crippen molar-refractivity contribution in [3.05, 3.63) is 41.3 Å². The maximum absolute atomic E-state index is 12.6. The predicted octanol–water partition coefficient (Wildman–Crippen LogP) is 2.81. The number of benzene rings is 1. The fourth-order valence-corrected chi connectivity index (χ4v) is 4.66. The number of hydrogen-bond acceptors (Lipinski definition) is 4. The van der Waals surface area contributed by atoms with Crippen molar-refractivity contribution in [2.24, 2.45) is 5.92 Å². The van der Waals surface area contributed by atoms with E-state index in [0.29, 0.717) is 5.92 Å². The van der Waals surface area contributed by atoms with Crippen LogP contribution in [-0.4, -0.2) is 42.4 Å². The zero-order chi connectivity index (χ0) is 17.4. The number of thiophene rings is 1. The lowest BCUT2D eigenvalue weighted by Crippen LogP contribution is -2.42. The van der Waals surface area contributed by atoms with E-state index < -0.39 is 0 Å². The Hall–Kier alpha value is -2.18. The van der Waals surface area contributed by atoms with Crippen LogP contribution in [0, 0.1) is 5.92 Å². The Bertz CT molecular complexity index is 817. The molecule has 2 aliphatic rings. The summed E-state index contributed by atoms with van der Waals surface area (Å²) in [6.45, 7) is 4.77. The van der Waals surface area contributed by atoms with Gasteiger partial charge in [-0.05, 0) is 48.7 Å². The van der Waals surface area contributed by atoms with E-state index in [1.807, 2.05) is 36.4 Å².